The Morgan fingerprint density at radius 2 is 2.00 bits per heavy atom. The molecule has 0 atom stereocenters. The Labute approximate surface area is 77.6 Å². The van der Waals surface area contributed by atoms with Gasteiger partial charge in [0.05, 0.1) is 0 Å². The molecule has 0 bridgehead atoms. The zero-order valence-electron chi connectivity index (χ0n) is 7.62. The van der Waals surface area contributed by atoms with Gasteiger partial charge in [-0.15, -0.1) is 0 Å². The zero-order chi connectivity index (χ0) is 9.68. The van der Waals surface area contributed by atoms with Crippen molar-refractivity contribution in [2.45, 2.75) is 13.3 Å². The van der Waals surface area contributed by atoms with Crippen molar-refractivity contribution in [3.8, 4) is 0 Å². The number of hydrogen-bond acceptors (Lipinski definition) is 3. The maximum atomic E-state index is 5.23. The highest BCUT2D eigenvalue weighted by Gasteiger charge is 1.99. The van der Waals surface area contributed by atoms with Crippen LogP contribution in [0.5, 0.6) is 0 Å². The molecule has 0 fully saturated rings. The lowest BCUT2D eigenvalue weighted by Crippen LogP contribution is -2.31. The average Bonchev–Trinajstić information content (AvgIpc) is 2.21. The second-order valence-electron chi connectivity index (χ2n) is 2.67. The van der Waals surface area contributed by atoms with Crippen LogP contribution >= 0.6 is 0 Å². The van der Waals surface area contributed by atoms with Gasteiger partial charge in [-0.05, 0) is 12.0 Å². The second-order valence-corrected chi connectivity index (χ2v) is 2.67. The number of hydrogen-bond donors (Lipinski definition) is 3. The van der Waals surface area contributed by atoms with Crippen molar-refractivity contribution < 1.29 is 0 Å². The van der Waals surface area contributed by atoms with E-state index in [9.17, 15) is 0 Å². The van der Waals surface area contributed by atoms with E-state index in [0.717, 1.165) is 12.0 Å². The lowest BCUT2D eigenvalue weighted by molar-refractivity contribution is 1.00. The van der Waals surface area contributed by atoms with Gasteiger partial charge in [0.15, 0.2) is 5.84 Å². The average molecular weight is 178 g/mol. The van der Waals surface area contributed by atoms with Gasteiger partial charge in [-0.2, -0.15) is 5.10 Å². The molecule has 4 nitrogen and oxygen atoms in total. The summed E-state index contributed by atoms with van der Waals surface area (Å²) < 4.78 is 0. The molecule has 1 aromatic rings. The van der Waals surface area contributed by atoms with Gasteiger partial charge in [0.25, 0.3) is 0 Å². The van der Waals surface area contributed by atoms with Gasteiger partial charge in [-0.25, -0.2) is 5.84 Å². The van der Waals surface area contributed by atoms with Crippen molar-refractivity contribution in [2.24, 2.45) is 16.8 Å². The van der Waals surface area contributed by atoms with Crippen molar-refractivity contribution in [2.75, 3.05) is 0 Å². The molecule has 0 aliphatic heterocycles. The zero-order valence-corrected chi connectivity index (χ0v) is 7.62. The third-order valence-corrected chi connectivity index (χ3v) is 1.90. The number of nitrogens with two attached hydrogens (primary N) is 2. The van der Waals surface area contributed by atoms with Gasteiger partial charge >= 0.3 is 0 Å². The van der Waals surface area contributed by atoms with E-state index < -0.39 is 0 Å². The quantitative estimate of drug-likeness (QED) is 0.264. The van der Waals surface area contributed by atoms with E-state index in [0.29, 0.717) is 5.84 Å². The molecule has 4 heteroatoms. The van der Waals surface area contributed by atoms with Gasteiger partial charge in [-0.1, -0.05) is 31.2 Å². The van der Waals surface area contributed by atoms with Crippen LogP contribution in [0.1, 0.15) is 18.1 Å². The van der Waals surface area contributed by atoms with Crippen LogP contribution in [0.2, 0.25) is 0 Å². The van der Waals surface area contributed by atoms with E-state index in [-0.39, 0.29) is 0 Å². The van der Waals surface area contributed by atoms with Crippen LogP contribution < -0.4 is 17.1 Å². The first-order valence-electron chi connectivity index (χ1n) is 4.15. The van der Waals surface area contributed by atoms with Crippen LogP contribution in [0.25, 0.3) is 0 Å². The van der Waals surface area contributed by atoms with Crippen LogP contribution in [0, 0.1) is 0 Å². The summed E-state index contributed by atoms with van der Waals surface area (Å²) in [6, 6.07) is 7.92. The first kappa shape index (κ1) is 9.54. The molecule has 0 heterocycles. The van der Waals surface area contributed by atoms with Crippen molar-refractivity contribution in [1.29, 1.82) is 0 Å². The fourth-order valence-corrected chi connectivity index (χ4v) is 1.09. The molecule has 70 valence electrons. The van der Waals surface area contributed by atoms with Crippen molar-refractivity contribution in [3.63, 3.8) is 0 Å². The van der Waals surface area contributed by atoms with E-state index in [1.807, 2.05) is 24.3 Å². The molecule has 0 aliphatic rings. The summed E-state index contributed by atoms with van der Waals surface area (Å²) in [5.74, 6) is 10.8. The molecule has 0 spiro atoms. The molecule has 0 amide bonds. The predicted octanol–water partition coefficient (Wildman–Crippen LogP) is 0.333. The lowest BCUT2D eigenvalue weighted by Gasteiger charge is -2.04. The van der Waals surface area contributed by atoms with E-state index in [2.05, 4.69) is 17.5 Å². The van der Waals surface area contributed by atoms with E-state index in [1.54, 1.807) is 0 Å². The third-order valence-electron chi connectivity index (χ3n) is 1.90. The molecule has 1 aromatic carbocycles. The Hall–Kier alpha value is -1.55. The van der Waals surface area contributed by atoms with Gasteiger partial charge < -0.3 is 11.3 Å². The molecule has 5 N–H and O–H groups in total. The summed E-state index contributed by atoms with van der Waals surface area (Å²) in [5, 5.41) is 3.51. The van der Waals surface area contributed by atoms with Gasteiger partial charge in [0.1, 0.15) is 0 Å². The normalized spacial score (nSPS) is 11.4. The van der Waals surface area contributed by atoms with E-state index >= 15 is 0 Å². The molecule has 0 aromatic heterocycles. The number of nitrogens with one attached hydrogen (secondary N) is 1. The molecule has 1 rings (SSSR count). The highest BCUT2D eigenvalue weighted by atomic mass is 15.3. The van der Waals surface area contributed by atoms with Gasteiger partial charge in [0.2, 0.25) is 0 Å². The minimum absolute atomic E-state index is 0.489. The molecule has 13 heavy (non-hydrogen) atoms. The maximum Gasteiger partial charge on any atom is 0.166 e. The SMILES string of the molecule is CCc1ccc(/C(=N/N)NN)cc1. The van der Waals surface area contributed by atoms with Gasteiger partial charge in [-0.3, -0.25) is 0 Å². The molecule has 0 unspecified atom stereocenters. The number of benzene rings is 1. The largest absolute Gasteiger partial charge is 0.321 e. The number of aryl methyl sites for hydroxylation is 1. The Bertz CT molecular complexity index is 289. The summed E-state index contributed by atoms with van der Waals surface area (Å²) in [7, 11) is 0. The van der Waals surface area contributed by atoms with Crippen LogP contribution in [-0.4, -0.2) is 5.84 Å². The molecule has 0 saturated heterocycles. The minimum Gasteiger partial charge on any atom is -0.321 e. The number of hydrazine groups is 1. The standard InChI is InChI=1S/C9H14N4/c1-2-7-3-5-8(6-4-7)9(12-10)13-11/h3-6H,2,10-11H2,1H3,(H,12,13). The first-order valence-corrected chi connectivity index (χ1v) is 4.15. The molecule has 0 saturated carbocycles. The first-order chi connectivity index (χ1) is 6.31. The van der Waals surface area contributed by atoms with Crippen LogP contribution in [0.4, 0.5) is 0 Å². The highest BCUT2D eigenvalue weighted by molar-refractivity contribution is 5.98. The fraction of sp³-hybridized carbons (Fsp3) is 0.222. The topological polar surface area (TPSA) is 76.4 Å². The summed E-state index contributed by atoms with van der Waals surface area (Å²) in [5.41, 5.74) is 4.60. The molecular weight excluding hydrogens is 164 g/mol. The second kappa shape index (κ2) is 4.47. The Balaban J connectivity index is 2.91. The van der Waals surface area contributed by atoms with E-state index in [4.69, 9.17) is 11.7 Å². The third kappa shape index (κ3) is 2.19. The van der Waals surface area contributed by atoms with Crippen LogP contribution in [0.3, 0.4) is 0 Å². The summed E-state index contributed by atoms with van der Waals surface area (Å²) in [6.07, 6.45) is 1.02. The minimum atomic E-state index is 0.489. The predicted molar refractivity (Wildman–Crippen MR) is 53.9 cm³/mol. The van der Waals surface area contributed by atoms with Crippen molar-refractivity contribution >= 4 is 5.84 Å². The fourth-order valence-electron chi connectivity index (χ4n) is 1.09. The van der Waals surface area contributed by atoms with E-state index in [1.165, 1.54) is 5.56 Å². The Morgan fingerprint density at radius 1 is 1.38 bits per heavy atom. The summed E-state index contributed by atoms with van der Waals surface area (Å²) in [6.45, 7) is 2.11. The van der Waals surface area contributed by atoms with Crippen molar-refractivity contribution in [1.82, 2.24) is 5.43 Å². The molecule has 0 aliphatic carbocycles. The van der Waals surface area contributed by atoms with Crippen molar-refractivity contribution in [3.05, 3.63) is 35.4 Å². The number of nitrogens with zero attached hydrogens (tertiary/aromatic N) is 1. The Morgan fingerprint density at radius 3 is 2.38 bits per heavy atom. The molecular formula is C9H14N4. The van der Waals surface area contributed by atoms with Gasteiger partial charge in [0, 0.05) is 5.56 Å². The summed E-state index contributed by atoms with van der Waals surface area (Å²) in [4.78, 5) is 0. The van der Waals surface area contributed by atoms with Crippen LogP contribution in [0.15, 0.2) is 29.4 Å². The number of amidine groups is 1. The number of hydrazone groups is 1. The lowest BCUT2D eigenvalue weighted by atomic mass is 10.1. The number of rotatable bonds is 2. The van der Waals surface area contributed by atoms with Crippen LogP contribution in [-0.2, 0) is 6.42 Å². The summed E-state index contributed by atoms with van der Waals surface area (Å²) >= 11 is 0. The molecule has 0 radical (unpaired) electrons. The Kier molecular flexibility index (Phi) is 3.28. The monoisotopic (exact) mass is 178 g/mol. The maximum absolute atomic E-state index is 5.23. The highest BCUT2D eigenvalue weighted by Crippen LogP contribution is 2.04. The smallest absolute Gasteiger partial charge is 0.166 e.